The fraction of sp³-hybridized carbons (Fsp3) is 0.522. The number of carbonyl (C=O) groups excluding carboxylic acids is 1. The highest BCUT2D eigenvalue weighted by molar-refractivity contribution is 5.82. The number of unbranched alkanes of at least 4 members (excludes halogenated alkanes) is 2. The summed E-state index contributed by atoms with van der Waals surface area (Å²) in [6, 6.07) is 3.61. The van der Waals surface area contributed by atoms with Gasteiger partial charge in [0.25, 0.3) is 0 Å². The van der Waals surface area contributed by atoms with Crippen LogP contribution < -0.4 is 27.8 Å². The molecule has 0 saturated heterocycles. The molecule has 11 N–H and O–H groups in total. The van der Waals surface area contributed by atoms with Gasteiger partial charge >= 0.3 is 12.0 Å². The average molecular weight is 505 g/mol. The van der Waals surface area contributed by atoms with Gasteiger partial charge in [-0.1, -0.05) is 23.7 Å². The molecule has 36 heavy (non-hydrogen) atoms. The summed E-state index contributed by atoms with van der Waals surface area (Å²) in [5.74, 6) is -0.549. The second-order valence-electron chi connectivity index (χ2n) is 8.58. The number of hydrogen-bond acceptors (Lipinski definition) is 9. The van der Waals surface area contributed by atoms with Crippen molar-refractivity contribution in [3.63, 3.8) is 0 Å². The maximum atomic E-state index is 12.6. The van der Waals surface area contributed by atoms with Crippen molar-refractivity contribution >= 4 is 17.8 Å². The molecule has 0 aliphatic rings. The van der Waals surface area contributed by atoms with E-state index in [0.29, 0.717) is 45.1 Å². The van der Waals surface area contributed by atoms with E-state index in [1.807, 2.05) is 0 Å². The van der Waals surface area contributed by atoms with Crippen LogP contribution in [0, 0.1) is 5.41 Å². The molecule has 1 heterocycles. The average Bonchev–Trinajstić information content (AvgIpc) is 3.32. The fourth-order valence-electron chi connectivity index (χ4n) is 3.55. The number of aromatic nitrogens is 2. The van der Waals surface area contributed by atoms with Crippen LogP contribution in [0.2, 0.25) is 0 Å². The van der Waals surface area contributed by atoms with Crippen LogP contribution in [0.3, 0.4) is 0 Å². The predicted octanol–water partition coefficient (Wildman–Crippen LogP) is 1.44. The number of amides is 2. The van der Waals surface area contributed by atoms with Gasteiger partial charge in [-0.2, -0.15) is 4.98 Å². The van der Waals surface area contributed by atoms with E-state index < -0.39 is 30.1 Å². The van der Waals surface area contributed by atoms with E-state index in [9.17, 15) is 19.8 Å². The van der Waals surface area contributed by atoms with Crippen LogP contribution in [0.1, 0.15) is 74.3 Å². The summed E-state index contributed by atoms with van der Waals surface area (Å²) in [4.78, 5) is 28.6. The Hall–Kier alpha value is -3.71. The maximum Gasteiger partial charge on any atom is 0.326 e. The molecule has 0 unspecified atom stereocenters. The van der Waals surface area contributed by atoms with Crippen LogP contribution in [0.15, 0.2) is 28.8 Å². The van der Waals surface area contributed by atoms with Gasteiger partial charge in [0, 0.05) is 6.42 Å². The highest BCUT2D eigenvalue weighted by Crippen LogP contribution is 2.21. The molecular formula is C23H36N8O5. The number of benzene rings is 1. The van der Waals surface area contributed by atoms with Crippen LogP contribution >= 0.6 is 0 Å². The summed E-state index contributed by atoms with van der Waals surface area (Å²) in [6.07, 6.45) is 3.87. The Kier molecular flexibility index (Phi) is 11.6. The quantitative estimate of drug-likeness (QED) is 0.0928. The molecule has 0 fully saturated rings. The van der Waals surface area contributed by atoms with Crippen molar-refractivity contribution < 1.29 is 24.3 Å². The number of nitrogens with one attached hydrogen (secondary N) is 3. The van der Waals surface area contributed by atoms with Gasteiger partial charge in [-0.15, -0.1) is 0 Å². The molecule has 0 aliphatic carbocycles. The topological polar surface area (TPSA) is 239 Å². The third kappa shape index (κ3) is 9.88. The molecule has 0 radical (unpaired) electrons. The van der Waals surface area contributed by atoms with Crippen molar-refractivity contribution in [3.05, 3.63) is 41.5 Å². The number of carboxylic acids is 1. The molecule has 2 aromatic rings. The molecule has 13 nitrogen and oxygen atoms in total. The molecule has 0 aliphatic heterocycles. The van der Waals surface area contributed by atoms with Crippen LogP contribution in [0.4, 0.5) is 4.79 Å². The lowest BCUT2D eigenvalue weighted by atomic mass is 10.1. The van der Waals surface area contributed by atoms with E-state index in [-0.39, 0.29) is 29.7 Å². The minimum Gasteiger partial charge on any atom is -0.508 e. The van der Waals surface area contributed by atoms with E-state index in [0.717, 1.165) is 12.0 Å². The summed E-state index contributed by atoms with van der Waals surface area (Å²) in [6.45, 7) is 0.479. The van der Waals surface area contributed by atoms with Crippen molar-refractivity contribution in [1.29, 1.82) is 5.41 Å². The van der Waals surface area contributed by atoms with Gasteiger partial charge in [0.15, 0.2) is 5.82 Å². The zero-order valence-electron chi connectivity index (χ0n) is 20.2. The minimum atomic E-state index is -1.16. The molecular weight excluding hydrogens is 468 g/mol. The van der Waals surface area contributed by atoms with E-state index in [1.165, 1.54) is 0 Å². The van der Waals surface area contributed by atoms with Gasteiger partial charge in [-0.05, 0) is 62.8 Å². The first kappa shape index (κ1) is 28.5. The summed E-state index contributed by atoms with van der Waals surface area (Å²) < 4.78 is 5.39. The number of nitrogens with zero attached hydrogens (tertiary/aromatic N) is 2. The Labute approximate surface area is 209 Å². The Morgan fingerprint density at radius 3 is 2.42 bits per heavy atom. The van der Waals surface area contributed by atoms with Gasteiger partial charge in [0.1, 0.15) is 17.8 Å². The van der Waals surface area contributed by atoms with Crippen LogP contribution in [0.25, 0.3) is 0 Å². The highest BCUT2D eigenvalue weighted by Gasteiger charge is 2.26. The number of amidine groups is 1. The number of phenolic OH excluding ortho intramolecular Hbond substituents is 1. The van der Waals surface area contributed by atoms with E-state index >= 15 is 0 Å². The molecule has 1 aromatic carbocycles. The molecule has 0 spiro atoms. The number of phenols is 1. The lowest BCUT2D eigenvalue weighted by Gasteiger charge is -2.19. The number of urea groups is 1. The number of nitrogens with two attached hydrogens (primary N) is 3. The Morgan fingerprint density at radius 2 is 1.78 bits per heavy atom. The SMILES string of the molecule is N=C(N)CCCC[C@H](NC(=O)N[C@@H](CCCCN)c1nc([C@@H](N)Cc2ccc(O)cc2)no1)C(=O)O. The molecule has 0 saturated carbocycles. The van der Waals surface area contributed by atoms with Gasteiger partial charge in [-0.3, -0.25) is 5.41 Å². The molecule has 1 aromatic heterocycles. The largest absolute Gasteiger partial charge is 0.508 e. The predicted molar refractivity (Wildman–Crippen MR) is 132 cm³/mol. The third-order valence-corrected chi connectivity index (χ3v) is 5.52. The lowest BCUT2D eigenvalue weighted by molar-refractivity contribution is -0.139. The number of aliphatic carboxylic acids is 1. The molecule has 2 rings (SSSR count). The molecule has 3 atom stereocenters. The van der Waals surface area contributed by atoms with Crippen LogP contribution in [-0.4, -0.2) is 50.8 Å². The number of hydrogen-bond donors (Lipinski definition) is 8. The second-order valence-corrected chi connectivity index (χ2v) is 8.58. The summed E-state index contributed by atoms with van der Waals surface area (Å²) >= 11 is 0. The minimum absolute atomic E-state index is 0.0367. The van der Waals surface area contributed by atoms with Crippen LogP contribution in [0.5, 0.6) is 5.75 Å². The third-order valence-electron chi connectivity index (χ3n) is 5.52. The first-order valence-electron chi connectivity index (χ1n) is 11.9. The van der Waals surface area contributed by atoms with Gasteiger partial charge < -0.3 is 42.6 Å². The van der Waals surface area contributed by atoms with Gasteiger partial charge in [0.05, 0.1) is 11.9 Å². The van der Waals surface area contributed by atoms with Crippen LogP contribution in [-0.2, 0) is 11.2 Å². The molecule has 13 heteroatoms. The van der Waals surface area contributed by atoms with Gasteiger partial charge in [0.2, 0.25) is 5.89 Å². The normalized spacial score (nSPS) is 13.5. The number of aromatic hydroxyl groups is 1. The highest BCUT2D eigenvalue weighted by atomic mass is 16.5. The molecule has 198 valence electrons. The van der Waals surface area contributed by atoms with Crippen molar-refractivity contribution in [2.24, 2.45) is 17.2 Å². The smallest absolute Gasteiger partial charge is 0.326 e. The molecule has 2 amide bonds. The zero-order chi connectivity index (χ0) is 26.5. The van der Waals surface area contributed by atoms with Crippen molar-refractivity contribution in [1.82, 2.24) is 20.8 Å². The standard InChI is InChI=1S/C23H36N8O5/c24-12-4-3-5-17(28-23(35)29-18(22(33)34)6-1-2-7-19(26)27)21-30-20(31-36-21)16(25)13-14-8-10-15(32)11-9-14/h8-11,16-18,32H,1-7,12-13,24-25H2,(H3,26,27)(H,33,34)(H2,28,29,35)/t16-,17-,18-/m0/s1. The zero-order valence-corrected chi connectivity index (χ0v) is 20.2. The molecule has 0 bridgehead atoms. The number of carboxylic acid groups (broad SMARTS) is 1. The fourth-order valence-corrected chi connectivity index (χ4v) is 3.55. The summed E-state index contributed by atoms with van der Waals surface area (Å²) in [5, 5.41) is 35.3. The van der Waals surface area contributed by atoms with Gasteiger partial charge in [-0.25, -0.2) is 9.59 Å². The van der Waals surface area contributed by atoms with Crippen molar-refractivity contribution in [2.45, 2.75) is 69.5 Å². The van der Waals surface area contributed by atoms with E-state index in [4.69, 9.17) is 27.1 Å². The Morgan fingerprint density at radius 1 is 1.08 bits per heavy atom. The van der Waals surface area contributed by atoms with E-state index in [2.05, 4.69) is 20.8 Å². The number of carbonyl (C=O) groups is 2. The Bertz CT molecular complexity index is 981. The van der Waals surface area contributed by atoms with Crippen molar-refractivity contribution in [2.75, 3.05) is 6.54 Å². The summed E-state index contributed by atoms with van der Waals surface area (Å²) in [7, 11) is 0. The Balaban J connectivity index is 2.02. The monoisotopic (exact) mass is 504 g/mol. The lowest BCUT2D eigenvalue weighted by Crippen LogP contribution is -2.47. The maximum absolute atomic E-state index is 12.6. The summed E-state index contributed by atoms with van der Waals surface area (Å²) in [5.41, 5.74) is 18.0. The van der Waals surface area contributed by atoms with E-state index in [1.54, 1.807) is 24.3 Å². The second kappa shape index (κ2) is 14.6. The number of rotatable bonds is 16. The first-order valence-corrected chi connectivity index (χ1v) is 11.9. The first-order chi connectivity index (χ1) is 17.2. The van der Waals surface area contributed by atoms with Crippen molar-refractivity contribution in [3.8, 4) is 5.75 Å².